The number of carboxylic acid groups (broad SMARTS) is 1. The predicted molar refractivity (Wildman–Crippen MR) is 71.9 cm³/mol. The van der Waals surface area contributed by atoms with E-state index in [4.69, 9.17) is 9.84 Å². The molecule has 0 spiro atoms. The van der Waals surface area contributed by atoms with E-state index in [9.17, 15) is 9.59 Å². The Kier molecular flexibility index (Phi) is 5.86. The Morgan fingerprint density at radius 3 is 2.42 bits per heavy atom. The fraction of sp³-hybridized carbons (Fsp3) is 0.714. The third-order valence-electron chi connectivity index (χ3n) is 3.54. The monoisotopic (exact) mass is 269 g/mol. The number of carbonyl (C=O) groups excluding carboxylic acids is 1. The van der Waals surface area contributed by atoms with Gasteiger partial charge in [-0.2, -0.15) is 0 Å². The largest absolute Gasteiger partial charge is 0.466 e. The van der Waals surface area contributed by atoms with Crippen LogP contribution in [-0.2, 0) is 9.53 Å². The zero-order chi connectivity index (χ0) is 14.4. The molecule has 1 amide bonds. The Hall–Kier alpha value is -1.52. The van der Waals surface area contributed by atoms with Crippen molar-refractivity contribution in [3.8, 4) is 0 Å². The van der Waals surface area contributed by atoms with E-state index >= 15 is 0 Å². The molecule has 0 aromatic heterocycles. The van der Waals surface area contributed by atoms with Gasteiger partial charge < -0.3 is 14.7 Å². The first-order valence-corrected chi connectivity index (χ1v) is 6.74. The van der Waals surface area contributed by atoms with Crippen LogP contribution in [0.3, 0.4) is 0 Å². The van der Waals surface area contributed by atoms with Gasteiger partial charge >= 0.3 is 12.1 Å². The summed E-state index contributed by atoms with van der Waals surface area (Å²) in [6.45, 7) is 8.92. The lowest BCUT2D eigenvalue weighted by atomic mass is 9.81. The third kappa shape index (κ3) is 4.58. The van der Waals surface area contributed by atoms with Gasteiger partial charge in [-0.1, -0.05) is 5.57 Å². The number of amides is 1. The van der Waals surface area contributed by atoms with Crippen molar-refractivity contribution in [3.63, 3.8) is 0 Å². The molecule has 1 atom stereocenters. The SMILES string of the molecule is C=C(C)CC(C(=O)OCC)C1CCN(C(=O)O)CC1. The highest BCUT2D eigenvalue weighted by atomic mass is 16.5. The number of hydrogen-bond donors (Lipinski definition) is 1. The number of likely N-dealkylation sites (tertiary alicyclic amines) is 1. The number of allylic oxidation sites excluding steroid dienone is 1. The van der Waals surface area contributed by atoms with Crippen LogP contribution in [0.1, 0.15) is 33.1 Å². The minimum absolute atomic E-state index is 0.181. The van der Waals surface area contributed by atoms with Gasteiger partial charge in [-0.05, 0) is 39.0 Å². The third-order valence-corrected chi connectivity index (χ3v) is 3.54. The molecule has 1 saturated heterocycles. The fourth-order valence-electron chi connectivity index (χ4n) is 2.56. The quantitative estimate of drug-likeness (QED) is 0.615. The van der Waals surface area contributed by atoms with Gasteiger partial charge in [-0.15, -0.1) is 6.58 Å². The molecule has 1 aliphatic heterocycles. The summed E-state index contributed by atoms with van der Waals surface area (Å²) in [5.41, 5.74) is 0.957. The van der Waals surface area contributed by atoms with Crippen LogP contribution in [0.4, 0.5) is 4.79 Å². The van der Waals surface area contributed by atoms with E-state index in [0.29, 0.717) is 39.0 Å². The van der Waals surface area contributed by atoms with E-state index in [1.165, 1.54) is 4.90 Å². The summed E-state index contributed by atoms with van der Waals surface area (Å²) >= 11 is 0. The topological polar surface area (TPSA) is 66.8 Å². The smallest absolute Gasteiger partial charge is 0.407 e. The van der Waals surface area contributed by atoms with Crippen LogP contribution >= 0.6 is 0 Å². The molecule has 5 heteroatoms. The molecule has 0 aromatic rings. The van der Waals surface area contributed by atoms with E-state index < -0.39 is 6.09 Å². The van der Waals surface area contributed by atoms with E-state index in [2.05, 4.69) is 6.58 Å². The second-order valence-corrected chi connectivity index (χ2v) is 5.13. The molecule has 0 saturated carbocycles. The molecule has 1 N–H and O–H groups in total. The van der Waals surface area contributed by atoms with Gasteiger partial charge in [0.1, 0.15) is 0 Å². The summed E-state index contributed by atoms with van der Waals surface area (Å²) < 4.78 is 5.12. The fourth-order valence-corrected chi connectivity index (χ4v) is 2.56. The standard InChI is InChI=1S/C14H23NO4/c1-4-19-13(16)12(9-10(2)3)11-5-7-15(8-6-11)14(17)18/h11-12H,2,4-9H2,1,3H3,(H,17,18). The average molecular weight is 269 g/mol. The molecule has 1 heterocycles. The molecule has 1 aliphatic rings. The number of carbonyl (C=O) groups is 2. The first-order chi connectivity index (χ1) is 8.95. The van der Waals surface area contributed by atoms with Crippen molar-refractivity contribution >= 4 is 12.1 Å². The minimum atomic E-state index is -0.883. The summed E-state index contributed by atoms with van der Waals surface area (Å²) in [7, 11) is 0. The first-order valence-electron chi connectivity index (χ1n) is 6.74. The average Bonchev–Trinajstić information content (AvgIpc) is 2.36. The molecule has 0 bridgehead atoms. The number of rotatable bonds is 5. The first kappa shape index (κ1) is 15.5. The molecule has 0 radical (unpaired) electrons. The normalized spacial score (nSPS) is 17.9. The van der Waals surface area contributed by atoms with Crippen LogP contribution in [0.25, 0.3) is 0 Å². The maximum Gasteiger partial charge on any atom is 0.407 e. The summed E-state index contributed by atoms with van der Waals surface area (Å²) in [4.78, 5) is 24.3. The Morgan fingerprint density at radius 2 is 2.00 bits per heavy atom. The van der Waals surface area contributed by atoms with Crippen molar-refractivity contribution < 1.29 is 19.4 Å². The molecule has 1 rings (SSSR count). The van der Waals surface area contributed by atoms with Gasteiger partial charge in [0, 0.05) is 13.1 Å². The van der Waals surface area contributed by atoms with Crippen molar-refractivity contribution in [2.45, 2.75) is 33.1 Å². The van der Waals surface area contributed by atoms with E-state index in [1.807, 2.05) is 6.92 Å². The summed E-state index contributed by atoms with van der Waals surface area (Å²) in [6, 6.07) is 0. The van der Waals surface area contributed by atoms with Gasteiger partial charge in [-0.3, -0.25) is 4.79 Å². The number of hydrogen-bond acceptors (Lipinski definition) is 3. The van der Waals surface area contributed by atoms with Crippen molar-refractivity contribution in [2.24, 2.45) is 11.8 Å². The van der Waals surface area contributed by atoms with Crippen LogP contribution in [0, 0.1) is 11.8 Å². The van der Waals surface area contributed by atoms with Crippen LogP contribution in [-0.4, -0.2) is 41.8 Å². The minimum Gasteiger partial charge on any atom is -0.466 e. The van der Waals surface area contributed by atoms with Gasteiger partial charge in [-0.25, -0.2) is 4.79 Å². The molecular formula is C14H23NO4. The molecule has 1 unspecified atom stereocenters. The predicted octanol–water partition coefficient (Wildman–Crippen LogP) is 2.52. The summed E-state index contributed by atoms with van der Waals surface area (Å²) in [6.07, 6.45) is 1.16. The van der Waals surface area contributed by atoms with Gasteiger partial charge in [0.25, 0.3) is 0 Å². The molecule has 19 heavy (non-hydrogen) atoms. The molecule has 108 valence electrons. The van der Waals surface area contributed by atoms with E-state index in [1.54, 1.807) is 6.92 Å². The van der Waals surface area contributed by atoms with Crippen LogP contribution in [0.5, 0.6) is 0 Å². The van der Waals surface area contributed by atoms with Gasteiger partial charge in [0.15, 0.2) is 0 Å². The number of nitrogens with zero attached hydrogens (tertiary/aromatic N) is 1. The highest BCUT2D eigenvalue weighted by Gasteiger charge is 2.33. The molecule has 1 fully saturated rings. The molecule has 5 nitrogen and oxygen atoms in total. The molecule has 0 aliphatic carbocycles. The number of piperidine rings is 1. The highest BCUT2D eigenvalue weighted by Crippen LogP contribution is 2.30. The Balaban J connectivity index is 2.64. The van der Waals surface area contributed by atoms with E-state index in [-0.39, 0.29) is 17.8 Å². The van der Waals surface area contributed by atoms with Gasteiger partial charge in [0.2, 0.25) is 0 Å². The van der Waals surface area contributed by atoms with Crippen molar-refractivity contribution in [1.29, 1.82) is 0 Å². The Bertz CT molecular complexity index is 345. The summed E-state index contributed by atoms with van der Waals surface area (Å²) in [5, 5.41) is 8.92. The second kappa shape index (κ2) is 7.16. The van der Waals surface area contributed by atoms with Crippen molar-refractivity contribution in [2.75, 3.05) is 19.7 Å². The van der Waals surface area contributed by atoms with Crippen molar-refractivity contribution in [3.05, 3.63) is 12.2 Å². The van der Waals surface area contributed by atoms with Crippen LogP contribution in [0.15, 0.2) is 12.2 Å². The lowest BCUT2D eigenvalue weighted by Crippen LogP contribution is -2.41. The second-order valence-electron chi connectivity index (χ2n) is 5.13. The zero-order valence-electron chi connectivity index (χ0n) is 11.7. The Labute approximate surface area is 114 Å². The lowest BCUT2D eigenvalue weighted by Gasteiger charge is -2.33. The maximum atomic E-state index is 12.0. The Morgan fingerprint density at radius 1 is 1.42 bits per heavy atom. The van der Waals surface area contributed by atoms with Crippen molar-refractivity contribution in [1.82, 2.24) is 4.90 Å². The number of esters is 1. The van der Waals surface area contributed by atoms with Crippen LogP contribution < -0.4 is 0 Å². The summed E-state index contributed by atoms with van der Waals surface area (Å²) in [5.74, 6) is -0.181. The zero-order valence-corrected chi connectivity index (χ0v) is 11.7. The maximum absolute atomic E-state index is 12.0. The molecule has 0 aromatic carbocycles. The lowest BCUT2D eigenvalue weighted by molar-refractivity contribution is -0.150. The molecular weight excluding hydrogens is 246 g/mol. The number of ether oxygens (including phenoxy) is 1. The van der Waals surface area contributed by atoms with Gasteiger partial charge in [0.05, 0.1) is 12.5 Å². The van der Waals surface area contributed by atoms with Crippen LogP contribution in [0.2, 0.25) is 0 Å². The highest BCUT2D eigenvalue weighted by molar-refractivity contribution is 5.73. The van der Waals surface area contributed by atoms with E-state index in [0.717, 1.165) is 5.57 Å².